The van der Waals surface area contributed by atoms with E-state index in [1.54, 1.807) is 19.1 Å². The molecule has 0 saturated heterocycles. The first kappa shape index (κ1) is 20.4. The van der Waals surface area contributed by atoms with E-state index in [-0.39, 0.29) is 11.5 Å². The van der Waals surface area contributed by atoms with Crippen molar-refractivity contribution in [2.75, 3.05) is 5.32 Å². The molecule has 29 heavy (non-hydrogen) atoms. The van der Waals surface area contributed by atoms with Gasteiger partial charge in [0.2, 0.25) is 5.91 Å². The Morgan fingerprint density at radius 3 is 2.38 bits per heavy atom. The number of aryl methyl sites for hydroxylation is 1. The third kappa shape index (κ3) is 4.93. The van der Waals surface area contributed by atoms with E-state index in [4.69, 9.17) is 0 Å². The molecule has 0 atom stereocenters. The number of carbonyl (C=O) groups excluding carboxylic acids is 2. The smallest absolute Gasteiger partial charge is 0.336 e. The van der Waals surface area contributed by atoms with Gasteiger partial charge in [0.05, 0.1) is 5.56 Å². The van der Waals surface area contributed by atoms with Gasteiger partial charge in [0.15, 0.2) is 0 Å². The number of aromatic carboxylic acids is 1. The van der Waals surface area contributed by atoms with E-state index in [0.29, 0.717) is 30.6 Å². The third-order valence-corrected chi connectivity index (χ3v) is 5.27. The van der Waals surface area contributed by atoms with E-state index in [1.165, 1.54) is 6.07 Å². The second-order valence-corrected chi connectivity index (χ2v) is 7.37. The highest BCUT2D eigenvalue weighted by molar-refractivity contribution is 6.01. The minimum Gasteiger partial charge on any atom is -0.478 e. The fraction of sp³-hybridized carbons (Fsp3) is 0.318. The van der Waals surface area contributed by atoms with Crippen LogP contribution in [-0.4, -0.2) is 28.6 Å². The Hall–Kier alpha value is -3.35. The van der Waals surface area contributed by atoms with E-state index >= 15 is 0 Å². The molecule has 7 heteroatoms. The van der Waals surface area contributed by atoms with Crippen molar-refractivity contribution in [1.82, 2.24) is 10.6 Å². The summed E-state index contributed by atoms with van der Waals surface area (Å²) in [5.41, 5.74) is 1.11. The van der Waals surface area contributed by atoms with Crippen LogP contribution < -0.4 is 16.0 Å². The van der Waals surface area contributed by atoms with Crippen molar-refractivity contribution in [3.63, 3.8) is 0 Å². The number of carbonyl (C=O) groups is 3. The summed E-state index contributed by atoms with van der Waals surface area (Å²) >= 11 is 0. The lowest BCUT2D eigenvalue weighted by Crippen LogP contribution is -2.57. The van der Waals surface area contributed by atoms with Crippen LogP contribution in [-0.2, 0) is 11.3 Å². The molecule has 7 nitrogen and oxygen atoms in total. The molecule has 4 N–H and O–H groups in total. The van der Waals surface area contributed by atoms with Gasteiger partial charge in [0.1, 0.15) is 5.54 Å². The maximum Gasteiger partial charge on any atom is 0.336 e. The summed E-state index contributed by atoms with van der Waals surface area (Å²) < 4.78 is 0. The largest absolute Gasteiger partial charge is 0.478 e. The number of amides is 3. The molecule has 0 aliphatic heterocycles. The van der Waals surface area contributed by atoms with Crippen molar-refractivity contribution in [2.45, 2.75) is 44.7 Å². The Labute approximate surface area is 169 Å². The number of nitrogens with one attached hydrogen (secondary N) is 3. The van der Waals surface area contributed by atoms with Crippen LogP contribution in [0.15, 0.2) is 48.5 Å². The Morgan fingerprint density at radius 1 is 1.03 bits per heavy atom. The van der Waals surface area contributed by atoms with Gasteiger partial charge in [-0.1, -0.05) is 49.2 Å². The first-order valence-electron chi connectivity index (χ1n) is 9.65. The molecule has 1 aliphatic rings. The number of hydrogen-bond acceptors (Lipinski definition) is 3. The highest BCUT2D eigenvalue weighted by Gasteiger charge is 2.42. The molecule has 0 unspecified atom stereocenters. The number of carboxylic acid groups (broad SMARTS) is 1. The molecule has 3 amide bonds. The standard InChI is InChI=1S/C22H25N3O4/c1-15-9-10-17(13-18(15)19(26)27)24-20(28)22(11-5-6-12-22)25-21(29)23-14-16-7-3-2-4-8-16/h2-4,7-10,13H,5-6,11-12,14H2,1H3,(H,24,28)(H,26,27)(H2,23,25,29). The van der Waals surface area contributed by atoms with E-state index in [9.17, 15) is 19.5 Å². The number of hydrogen-bond donors (Lipinski definition) is 4. The Balaban J connectivity index is 1.68. The summed E-state index contributed by atoms with van der Waals surface area (Å²) in [6.07, 6.45) is 2.74. The molecule has 1 saturated carbocycles. The van der Waals surface area contributed by atoms with Gasteiger partial charge in [0.25, 0.3) is 0 Å². The highest BCUT2D eigenvalue weighted by Crippen LogP contribution is 2.31. The van der Waals surface area contributed by atoms with Gasteiger partial charge in [-0.25, -0.2) is 9.59 Å². The maximum absolute atomic E-state index is 13.0. The second kappa shape index (κ2) is 8.77. The molecule has 3 rings (SSSR count). The quantitative estimate of drug-likeness (QED) is 0.601. The average molecular weight is 395 g/mol. The fourth-order valence-corrected chi connectivity index (χ4v) is 3.61. The fourth-order valence-electron chi connectivity index (χ4n) is 3.61. The van der Waals surface area contributed by atoms with Crippen LogP contribution in [0.4, 0.5) is 10.5 Å². The van der Waals surface area contributed by atoms with Crippen LogP contribution in [0.1, 0.15) is 47.2 Å². The van der Waals surface area contributed by atoms with Crippen LogP contribution in [0.3, 0.4) is 0 Å². The molecule has 2 aromatic carbocycles. The van der Waals surface area contributed by atoms with Gasteiger partial charge in [-0.3, -0.25) is 4.79 Å². The summed E-state index contributed by atoms with van der Waals surface area (Å²) in [7, 11) is 0. The van der Waals surface area contributed by atoms with Crippen LogP contribution in [0, 0.1) is 6.92 Å². The Kier molecular flexibility index (Phi) is 6.16. The lowest BCUT2D eigenvalue weighted by molar-refractivity contribution is -0.121. The Bertz CT molecular complexity index is 906. The van der Waals surface area contributed by atoms with E-state index in [1.807, 2.05) is 30.3 Å². The first-order chi connectivity index (χ1) is 13.9. The number of urea groups is 1. The predicted octanol–water partition coefficient (Wildman–Crippen LogP) is 3.44. The minimum absolute atomic E-state index is 0.136. The molecular weight excluding hydrogens is 370 g/mol. The SMILES string of the molecule is Cc1ccc(NC(=O)C2(NC(=O)NCc3ccccc3)CCCC2)cc1C(=O)O. The van der Waals surface area contributed by atoms with Gasteiger partial charge in [-0.15, -0.1) is 0 Å². The second-order valence-electron chi connectivity index (χ2n) is 7.37. The van der Waals surface area contributed by atoms with Crippen LogP contribution >= 0.6 is 0 Å². The number of rotatable bonds is 6. The minimum atomic E-state index is -1.05. The lowest BCUT2D eigenvalue weighted by atomic mass is 9.96. The Morgan fingerprint density at radius 2 is 1.72 bits per heavy atom. The van der Waals surface area contributed by atoms with E-state index in [0.717, 1.165) is 18.4 Å². The van der Waals surface area contributed by atoms with Crippen LogP contribution in [0.2, 0.25) is 0 Å². The summed E-state index contributed by atoms with van der Waals surface area (Å²) in [5, 5.41) is 17.7. The molecule has 1 fully saturated rings. The van der Waals surface area contributed by atoms with Gasteiger partial charge in [-0.2, -0.15) is 0 Å². The zero-order chi connectivity index (χ0) is 20.9. The van der Waals surface area contributed by atoms with Crippen LogP contribution in [0.25, 0.3) is 0 Å². The topological polar surface area (TPSA) is 108 Å². The summed E-state index contributed by atoms with van der Waals surface area (Å²) in [6.45, 7) is 2.07. The van der Waals surface area contributed by atoms with Crippen molar-refractivity contribution >= 4 is 23.6 Å². The first-order valence-corrected chi connectivity index (χ1v) is 9.65. The molecule has 0 radical (unpaired) electrons. The van der Waals surface area contributed by atoms with Gasteiger partial charge in [0, 0.05) is 12.2 Å². The van der Waals surface area contributed by atoms with E-state index in [2.05, 4.69) is 16.0 Å². The molecular formula is C22H25N3O4. The van der Waals surface area contributed by atoms with Gasteiger partial charge >= 0.3 is 12.0 Å². The lowest BCUT2D eigenvalue weighted by Gasteiger charge is -2.29. The number of anilines is 1. The predicted molar refractivity (Wildman–Crippen MR) is 110 cm³/mol. The molecule has 1 aliphatic carbocycles. The molecule has 0 aromatic heterocycles. The van der Waals surface area contributed by atoms with Crippen molar-refractivity contribution in [2.24, 2.45) is 0 Å². The van der Waals surface area contributed by atoms with Crippen molar-refractivity contribution in [3.8, 4) is 0 Å². The molecule has 152 valence electrons. The summed E-state index contributed by atoms with van der Waals surface area (Å²) in [5.74, 6) is -1.38. The molecule has 2 aromatic rings. The number of benzene rings is 2. The molecule has 0 bridgehead atoms. The van der Waals surface area contributed by atoms with Crippen molar-refractivity contribution in [3.05, 3.63) is 65.2 Å². The molecule has 0 heterocycles. The van der Waals surface area contributed by atoms with Gasteiger partial charge in [-0.05, 0) is 43.0 Å². The highest BCUT2D eigenvalue weighted by atomic mass is 16.4. The molecule has 0 spiro atoms. The summed E-state index contributed by atoms with van der Waals surface area (Å²) in [6, 6.07) is 13.9. The average Bonchev–Trinajstić information content (AvgIpc) is 3.18. The zero-order valence-electron chi connectivity index (χ0n) is 16.3. The maximum atomic E-state index is 13.0. The monoisotopic (exact) mass is 395 g/mol. The van der Waals surface area contributed by atoms with Crippen LogP contribution in [0.5, 0.6) is 0 Å². The number of carboxylic acids is 1. The zero-order valence-corrected chi connectivity index (χ0v) is 16.3. The van der Waals surface area contributed by atoms with Crippen molar-refractivity contribution < 1.29 is 19.5 Å². The van der Waals surface area contributed by atoms with Gasteiger partial charge < -0.3 is 21.1 Å². The summed E-state index contributed by atoms with van der Waals surface area (Å²) in [4.78, 5) is 36.8. The van der Waals surface area contributed by atoms with E-state index < -0.39 is 17.5 Å². The normalized spacial score (nSPS) is 14.8. The van der Waals surface area contributed by atoms with Crippen molar-refractivity contribution in [1.29, 1.82) is 0 Å². The third-order valence-electron chi connectivity index (χ3n) is 5.27.